The molecule has 18 heavy (non-hydrogen) atoms. The number of carbonyl (C=O) groups excluding carboxylic acids is 1. The lowest BCUT2D eigenvalue weighted by Crippen LogP contribution is -2.16. The van der Waals surface area contributed by atoms with Gasteiger partial charge in [0, 0.05) is 17.8 Å². The molecule has 0 aliphatic heterocycles. The molecule has 1 aromatic rings. The van der Waals surface area contributed by atoms with Gasteiger partial charge in [0.1, 0.15) is 11.6 Å². The van der Waals surface area contributed by atoms with Crippen molar-refractivity contribution < 1.29 is 4.79 Å². The van der Waals surface area contributed by atoms with Gasteiger partial charge in [0.05, 0.1) is 10.7 Å². The van der Waals surface area contributed by atoms with Gasteiger partial charge in [-0.1, -0.05) is 23.2 Å². The standard InChI is InChI=1S/C12H11Cl2N3O/c1-2-16-7-8(6-15)12(18)17-11-4-3-9(13)5-10(11)14/h3-5,7,16H,2H2,1H3,(H,17,18)/b8-7-. The Labute approximate surface area is 115 Å². The predicted molar refractivity (Wildman–Crippen MR) is 72.5 cm³/mol. The first kappa shape index (κ1) is 14.4. The van der Waals surface area contributed by atoms with E-state index in [2.05, 4.69) is 10.6 Å². The number of nitriles is 1. The fourth-order valence-electron chi connectivity index (χ4n) is 1.13. The van der Waals surface area contributed by atoms with Crippen LogP contribution in [0.3, 0.4) is 0 Å². The molecule has 0 aliphatic carbocycles. The summed E-state index contributed by atoms with van der Waals surface area (Å²) in [6.07, 6.45) is 1.36. The molecule has 0 fully saturated rings. The number of anilines is 1. The van der Waals surface area contributed by atoms with Crippen LogP contribution in [-0.4, -0.2) is 12.5 Å². The third-order valence-corrected chi connectivity index (χ3v) is 2.54. The normalized spacial score (nSPS) is 10.7. The van der Waals surface area contributed by atoms with E-state index in [1.54, 1.807) is 18.2 Å². The molecule has 6 heteroatoms. The molecule has 1 amide bonds. The molecule has 0 bridgehead atoms. The van der Waals surface area contributed by atoms with E-state index in [4.69, 9.17) is 28.5 Å². The average Bonchev–Trinajstić information content (AvgIpc) is 2.34. The van der Waals surface area contributed by atoms with Crippen LogP contribution in [0.15, 0.2) is 30.0 Å². The summed E-state index contributed by atoms with van der Waals surface area (Å²) >= 11 is 11.6. The van der Waals surface area contributed by atoms with E-state index >= 15 is 0 Å². The molecule has 0 heterocycles. The van der Waals surface area contributed by atoms with Gasteiger partial charge in [0.2, 0.25) is 0 Å². The molecule has 0 saturated heterocycles. The number of hydrogen-bond acceptors (Lipinski definition) is 3. The highest BCUT2D eigenvalue weighted by Crippen LogP contribution is 2.25. The van der Waals surface area contributed by atoms with Crippen molar-refractivity contribution in [3.05, 3.63) is 40.0 Å². The summed E-state index contributed by atoms with van der Waals surface area (Å²) in [7, 11) is 0. The maximum atomic E-state index is 11.8. The van der Waals surface area contributed by atoms with Crippen molar-refractivity contribution in [3.63, 3.8) is 0 Å². The minimum absolute atomic E-state index is 0.0251. The van der Waals surface area contributed by atoms with Gasteiger partial charge in [-0.05, 0) is 25.1 Å². The van der Waals surface area contributed by atoms with E-state index in [0.29, 0.717) is 22.3 Å². The number of carbonyl (C=O) groups is 1. The molecular weight excluding hydrogens is 273 g/mol. The Morgan fingerprint density at radius 3 is 2.78 bits per heavy atom. The third-order valence-electron chi connectivity index (χ3n) is 1.99. The van der Waals surface area contributed by atoms with Crippen molar-refractivity contribution in [1.82, 2.24) is 5.32 Å². The fraction of sp³-hybridized carbons (Fsp3) is 0.167. The number of halogens is 2. The van der Waals surface area contributed by atoms with E-state index in [9.17, 15) is 4.79 Å². The molecule has 0 spiro atoms. The van der Waals surface area contributed by atoms with Crippen LogP contribution in [0.1, 0.15) is 6.92 Å². The molecule has 0 unspecified atom stereocenters. The highest BCUT2D eigenvalue weighted by atomic mass is 35.5. The zero-order valence-electron chi connectivity index (χ0n) is 9.63. The highest BCUT2D eigenvalue weighted by molar-refractivity contribution is 6.36. The van der Waals surface area contributed by atoms with Crippen molar-refractivity contribution in [3.8, 4) is 6.07 Å². The van der Waals surface area contributed by atoms with Gasteiger partial charge in [-0.2, -0.15) is 5.26 Å². The molecule has 0 radical (unpaired) electrons. The van der Waals surface area contributed by atoms with Crippen LogP contribution in [0.25, 0.3) is 0 Å². The SMILES string of the molecule is CCN/C=C(/C#N)C(=O)Nc1ccc(Cl)cc1Cl. The van der Waals surface area contributed by atoms with Gasteiger partial charge in [-0.25, -0.2) is 0 Å². The smallest absolute Gasteiger partial charge is 0.267 e. The number of amides is 1. The van der Waals surface area contributed by atoms with Crippen molar-refractivity contribution in [2.45, 2.75) is 6.92 Å². The number of rotatable bonds is 4. The largest absolute Gasteiger partial charge is 0.390 e. The van der Waals surface area contributed by atoms with Crippen molar-refractivity contribution in [1.29, 1.82) is 5.26 Å². The Hall–Kier alpha value is -1.70. The van der Waals surface area contributed by atoms with Crippen LogP contribution >= 0.6 is 23.2 Å². The van der Waals surface area contributed by atoms with E-state index in [1.165, 1.54) is 12.3 Å². The predicted octanol–water partition coefficient (Wildman–Crippen LogP) is 2.95. The van der Waals surface area contributed by atoms with Crippen molar-refractivity contribution >= 4 is 34.8 Å². The summed E-state index contributed by atoms with van der Waals surface area (Å²) in [4.78, 5) is 11.8. The first-order valence-corrected chi connectivity index (χ1v) is 5.94. The Morgan fingerprint density at radius 1 is 1.50 bits per heavy atom. The van der Waals surface area contributed by atoms with Gasteiger partial charge in [0.15, 0.2) is 0 Å². The first-order valence-electron chi connectivity index (χ1n) is 5.18. The number of hydrogen-bond donors (Lipinski definition) is 2. The molecule has 0 aromatic heterocycles. The Morgan fingerprint density at radius 2 is 2.22 bits per heavy atom. The summed E-state index contributed by atoms with van der Waals surface area (Å²) in [5.74, 6) is -0.525. The Kier molecular flexibility index (Phi) is 5.50. The van der Waals surface area contributed by atoms with E-state index in [-0.39, 0.29) is 5.57 Å². The van der Waals surface area contributed by atoms with Crippen molar-refractivity contribution in [2.24, 2.45) is 0 Å². The third kappa shape index (κ3) is 3.95. The summed E-state index contributed by atoms with van der Waals surface area (Å²) in [5.41, 5.74) is 0.381. The number of nitrogens with zero attached hydrogens (tertiary/aromatic N) is 1. The lowest BCUT2D eigenvalue weighted by Gasteiger charge is -2.06. The van der Waals surface area contributed by atoms with E-state index < -0.39 is 5.91 Å². The van der Waals surface area contributed by atoms with E-state index in [1.807, 2.05) is 6.92 Å². The maximum Gasteiger partial charge on any atom is 0.267 e. The second-order valence-corrected chi connectivity index (χ2v) is 4.15. The summed E-state index contributed by atoms with van der Waals surface area (Å²) in [6.45, 7) is 2.49. The van der Waals surface area contributed by atoms with Crippen molar-refractivity contribution in [2.75, 3.05) is 11.9 Å². The highest BCUT2D eigenvalue weighted by Gasteiger charge is 2.11. The van der Waals surface area contributed by atoms with Gasteiger partial charge in [-0.15, -0.1) is 0 Å². The lowest BCUT2D eigenvalue weighted by atomic mass is 10.2. The maximum absolute atomic E-state index is 11.8. The van der Waals surface area contributed by atoms with Crippen LogP contribution in [0, 0.1) is 11.3 Å². The topological polar surface area (TPSA) is 64.9 Å². The first-order chi connectivity index (χ1) is 8.58. The fourth-order valence-corrected chi connectivity index (χ4v) is 1.59. The molecule has 0 saturated carbocycles. The monoisotopic (exact) mass is 283 g/mol. The zero-order chi connectivity index (χ0) is 13.5. The quantitative estimate of drug-likeness (QED) is 0.660. The minimum atomic E-state index is -0.525. The molecular formula is C12H11Cl2N3O. The Balaban J connectivity index is 2.84. The minimum Gasteiger partial charge on any atom is -0.390 e. The summed E-state index contributed by atoms with van der Waals surface area (Å²) < 4.78 is 0. The van der Waals surface area contributed by atoms with Crippen LogP contribution in [-0.2, 0) is 4.79 Å². The average molecular weight is 284 g/mol. The van der Waals surface area contributed by atoms with Gasteiger partial charge >= 0.3 is 0 Å². The number of benzene rings is 1. The molecule has 1 aromatic carbocycles. The molecule has 0 atom stereocenters. The summed E-state index contributed by atoms with van der Waals surface area (Å²) in [5, 5.41) is 15.0. The second-order valence-electron chi connectivity index (χ2n) is 3.31. The summed E-state index contributed by atoms with van der Waals surface area (Å²) in [6, 6.07) is 6.49. The number of nitrogens with one attached hydrogen (secondary N) is 2. The van der Waals surface area contributed by atoms with Crippen LogP contribution < -0.4 is 10.6 Å². The Bertz CT molecular complexity index is 521. The lowest BCUT2D eigenvalue weighted by molar-refractivity contribution is -0.112. The van der Waals surface area contributed by atoms with E-state index in [0.717, 1.165) is 0 Å². The zero-order valence-corrected chi connectivity index (χ0v) is 11.1. The van der Waals surface area contributed by atoms with Gasteiger partial charge < -0.3 is 10.6 Å². The molecule has 2 N–H and O–H groups in total. The molecule has 94 valence electrons. The second kappa shape index (κ2) is 6.90. The van der Waals surface area contributed by atoms with Crippen LogP contribution in [0.2, 0.25) is 10.0 Å². The van der Waals surface area contributed by atoms with Crippen LogP contribution in [0.4, 0.5) is 5.69 Å². The molecule has 0 aliphatic rings. The van der Waals surface area contributed by atoms with Gasteiger partial charge in [-0.3, -0.25) is 4.79 Å². The molecule has 4 nitrogen and oxygen atoms in total. The van der Waals surface area contributed by atoms with Crippen LogP contribution in [0.5, 0.6) is 0 Å². The molecule has 1 rings (SSSR count). The van der Waals surface area contributed by atoms with Gasteiger partial charge in [0.25, 0.3) is 5.91 Å².